The molecule has 0 spiro atoms. The van der Waals surface area contributed by atoms with Crippen molar-refractivity contribution in [2.24, 2.45) is 0 Å². The fraction of sp³-hybridized carbons (Fsp3) is 0.556. The van der Waals surface area contributed by atoms with Gasteiger partial charge in [-0.25, -0.2) is 4.98 Å². The fourth-order valence-corrected chi connectivity index (χ4v) is 1.74. The van der Waals surface area contributed by atoms with Gasteiger partial charge in [-0.3, -0.25) is 4.79 Å². The third-order valence-corrected chi connectivity index (χ3v) is 2.87. The summed E-state index contributed by atoms with van der Waals surface area (Å²) in [6.07, 6.45) is 0. The number of carbonyl (C=O) groups is 1. The van der Waals surface area contributed by atoms with E-state index in [-0.39, 0.29) is 11.3 Å². The molecule has 0 atom stereocenters. The van der Waals surface area contributed by atoms with E-state index < -0.39 is 0 Å². The number of nitrogens with one attached hydrogen (secondary N) is 1. The van der Waals surface area contributed by atoms with Crippen LogP contribution in [0.4, 0.5) is 0 Å². The van der Waals surface area contributed by atoms with Crippen molar-refractivity contribution in [1.29, 1.82) is 0 Å². The molecule has 1 aromatic heterocycles. The van der Waals surface area contributed by atoms with E-state index in [1.807, 2.05) is 0 Å². The summed E-state index contributed by atoms with van der Waals surface area (Å²) in [5.74, 6) is -0.119. The van der Waals surface area contributed by atoms with Gasteiger partial charge in [-0.2, -0.15) is 0 Å². The summed E-state index contributed by atoms with van der Waals surface area (Å²) in [5.41, 5.74) is 0.536. The van der Waals surface area contributed by atoms with E-state index in [4.69, 9.17) is 0 Å². The molecule has 1 aromatic rings. The molecule has 0 aliphatic rings. The molecule has 0 aliphatic carbocycles. The normalized spacial score (nSPS) is 11.4. The maximum Gasteiger partial charge on any atom is 0.270 e. The number of aromatic nitrogens is 1. The lowest BCUT2D eigenvalue weighted by atomic mass is 9.98. The predicted octanol–water partition coefficient (Wildman–Crippen LogP) is 1.80. The molecule has 0 aromatic carbocycles. The Labute approximate surface area is 82.2 Å². The first-order valence-corrected chi connectivity index (χ1v) is 5.01. The molecule has 3 nitrogen and oxygen atoms in total. The zero-order valence-corrected chi connectivity index (χ0v) is 9.16. The van der Waals surface area contributed by atoms with Crippen LogP contribution in [0.5, 0.6) is 0 Å². The Bertz CT molecular complexity index is 312. The molecular formula is C9H14N2OS. The molecule has 0 saturated carbocycles. The molecule has 1 N–H and O–H groups in total. The minimum absolute atomic E-state index is 0.0247. The highest BCUT2D eigenvalue weighted by atomic mass is 32.1. The molecule has 1 rings (SSSR count). The van der Waals surface area contributed by atoms with Gasteiger partial charge in [-0.15, -0.1) is 11.3 Å². The van der Waals surface area contributed by atoms with Crippen molar-refractivity contribution in [3.8, 4) is 0 Å². The summed E-state index contributed by atoms with van der Waals surface area (Å²) in [6, 6.07) is 0. The van der Waals surface area contributed by atoms with Crippen molar-refractivity contribution in [1.82, 2.24) is 10.3 Å². The molecule has 0 bridgehead atoms. The molecule has 0 radical (unpaired) electrons. The third-order valence-electron chi connectivity index (χ3n) is 1.61. The van der Waals surface area contributed by atoms with Crippen LogP contribution >= 0.6 is 11.3 Å². The summed E-state index contributed by atoms with van der Waals surface area (Å²) in [7, 11) is 1.61. The maximum absolute atomic E-state index is 11.2. The standard InChI is InChI=1S/C9H14N2OS/c1-9(2,3)8-11-6(5-13-8)7(12)10-4/h5H,1-4H3,(H,10,12). The minimum atomic E-state index is -0.119. The van der Waals surface area contributed by atoms with E-state index >= 15 is 0 Å². The lowest BCUT2D eigenvalue weighted by molar-refractivity contribution is 0.0958. The second-order valence-electron chi connectivity index (χ2n) is 3.87. The Kier molecular flexibility index (Phi) is 2.71. The molecule has 1 amide bonds. The van der Waals surface area contributed by atoms with Crippen LogP contribution in [0.2, 0.25) is 0 Å². The van der Waals surface area contributed by atoms with Crippen LogP contribution in [0.1, 0.15) is 36.3 Å². The van der Waals surface area contributed by atoms with Gasteiger partial charge in [0.25, 0.3) is 5.91 Å². The molecule has 0 unspecified atom stereocenters. The van der Waals surface area contributed by atoms with Crippen molar-refractivity contribution in [3.63, 3.8) is 0 Å². The van der Waals surface area contributed by atoms with Gasteiger partial charge < -0.3 is 5.32 Å². The highest BCUT2D eigenvalue weighted by Gasteiger charge is 2.19. The molecule has 0 fully saturated rings. The summed E-state index contributed by atoms with van der Waals surface area (Å²) < 4.78 is 0. The Morgan fingerprint density at radius 1 is 1.54 bits per heavy atom. The largest absolute Gasteiger partial charge is 0.354 e. The van der Waals surface area contributed by atoms with E-state index in [9.17, 15) is 4.79 Å². The van der Waals surface area contributed by atoms with E-state index in [2.05, 4.69) is 31.1 Å². The van der Waals surface area contributed by atoms with Gasteiger partial charge in [0.2, 0.25) is 0 Å². The van der Waals surface area contributed by atoms with E-state index in [1.54, 1.807) is 12.4 Å². The Hall–Kier alpha value is -0.900. The highest BCUT2D eigenvalue weighted by molar-refractivity contribution is 7.10. The summed E-state index contributed by atoms with van der Waals surface area (Å²) in [5, 5.41) is 5.33. The number of nitrogens with zero attached hydrogens (tertiary/aromatic N) is 1. The molecule has 0 saturated heterocycles. The third kappa shape index (κ3) is 2.28. The molecule has 13 heavy (non-hydrogen) atoms. The predicted molar refractivity (Wildman–Crippen MR) is 54.2 cm³/mol. The lowest BCUT2D eigenvalue weighted by Crippen LogP contribution is -2.19. The Morgan fingerprint density at radius 3 is 2.54 bits per heavy atom. The first-order valence-electron chi connectivity index (χ1n) is 4.13. The first-order chi connectivity index (χ1) is 5.95. The van der Waals surface area contributed by atoms with Gasteiger partial charge >= 0.3 is 0 Å². The number of hydrogen-bond donors (Lipinski definition) is 1. The number of rotatable bonds is 1. The molecule has 1 heterocycles. The summed E-state index contributed by atoms with van der Waals surface area (Å²) in [4.78, 5) is 15.4. The smallest absolute Gasteiger partial charge is 0.270 e. The van der Waals surface area contributed by atoms with Gasteiger partial charge in [0.1, 0.15) is 5.69 Å². The van der Waals surface area contributed by atoms with Crippen LogP contribution in [-0.2, 0) is 5.41 Å². The van der Waals surface area contributed by atoms with Crippen molar-refractivity contribution >= 4 is 17.2 Å². The van der Waals surface area contributed by atoms with Gasteiger partial charge in [0, 0.05) is 17.8 Å². The van der Waals surface area contributed by atoms with Crippen LogP contribution in [0, 0.1) is 0 Å². The van der Waals surface area contributed by atoms with E-state index in [1.165, 1.54) is 11.3 Å². The monoisotopic (exact) mass is 198 g/mol. The van der Waals surface area contributed by atoms with E-state index in [0.29, 0.717) is 5.69 Å². The minimum Gasteiger partial charge on any atom is -0.354 e. The molecule has 4 heteroatoms. The summed E-state index contributed by atoms with van der Waals surface area (Å²) >= 11 is 1.53. The average molecular weight is 198 g/mol. The van der Waals surface area contributed by atoms with Gasteiger partial charge in [-0.05, 0) is 0 Å². The topological polar surface area (TPSA) is 42.0 Å². The zero-order chi connectivity index (χ0) is 10.1. The van der Waals surface area contributed by atoms with Gasteiger partial charge in [-0.1, -0.05) is 20.8 Å². The second kappa shape index (κ2) is 3.46. The number of hydrogen-bond acceptors (Lipinski definition) is 3. The van der Waals surface area contributed by atoms with Crippen molar-refractivity contribution in [2.45, 2.75) is 26.2 Å². The maximum atomic E-state index is 11.2. The summed E-state index contributed by atoms with van der Waals surface area (Å²) in [6.45, 7) is 6.25. The molecular weight excluding hydrogens is 184 g/mol. The number of carbonyl (C=O) groups excluding carboxylic acids is 1. The highest BCUT2D eigenvalue weighted by Crippen LogP contribution is 2.25. The lowest BCUT2D eigenvalue weighted by Gasteiger charge is -2.13. The Balaban J connectivity index is 2.93. The van der Waals surface area contributed by atoms with Crippen molar-refractivity contribution in [3.05, 3.63) is 16.1 Å². The fourth-order valence-electron chi connectivity index (χ4n) is 0.851. The van der Waals surface area contributed by atoms with Crippen LogP contribution in [0.15, 0.2) is 5.38 Å². The van der Waals surface area contributed by atoms with Gasteiger partial charge in [0.05, 0.1) is 5.01 Å². The molecule has 0 aliphatic heterocycles. The van der Waals surface area contributed by atoms with E-state index in [0.717, 1.165) is 5.01 Å². The van der Waals surface area contributed by atoms with Crippen LogP contribution in [-0.4, -0.2) is 17.9 Å². The van der Waals surface area contributed by atoms with Gasteiger partial charge in [0.15, 0.2) is 0 Å². The molecule has 72 valence electrons. The first kappa shape index (κ1) is 10.2. The van der Waals surface area contributed by atoms with Crippen LogP contribution in [0.25, 0.3) is 0 Å². The Morgan fingerprint density at radius 2 is 2.15 bits per heavy atom. The average Bonchev–Trinajstić information content (AvgIpc) is 2.50. The second-order valence-corrected chi connectivity index (χ2v) is 4.73. The van der Waals surface area contributed by atoms with Crippen LogP contribution in [0.3, 0.4) is 0 Å². The quantitative estimate of drug-likeness (QED) is 0.747. The number of amides is 1. The van der Waals surface area contributed by atoms with Crippen molar-refractivity contribution < 1.29 is 4.79 Å². The van der Waals surface area contributed by atoms with Crippen molar-refractivity contribution in [2.75, 3.05) is 7.05 Å². The van der Waals surface area contributed by atoms with Crippen LogP contribution < -0.4 is 5.32 Å². The number of thiazole rings is 1. The zero-order valence-electron chi connectivity index (χ0n) is 8.34. The SMILES string of the molecule is CNC(=O)c1csc(C(C)(C)C)n1.